The zero-order valence-corrected chi connectivity index (χ0v) is 14.7. The van der Waals surface area contributed by atoms with Gasteiger partial charge in [0.2, 0.25) is 0 Å². The van der Waals surface area contributed by atoms with Crippen LogP contribution in [0.2, 0.25) is 0 Å². The second kappa shape index (κ2) is 7.54. The third-order valence-electron chi connectivity index (χ3n) is 4.71. The van der Waals surface area contributed by atoms with E-state index in [0.717, 1.165) is 43.2 Å². The van der Waals surface area contributed by atoms with Gasteiger partial charge in [0, 0.05) is 0 Å². The fourth-order valence-electron chi connectivity index (χ4n) is 3.21. The molecule has 0 amide bonds. The Morgan fingerprint density at radius 1 is 0.522 bits per heavy atom. The van der Waals surface area contributed by atoms with Crippen LogP contribution < -0.4 is 0 Å². The van der Waals surface area contributed by atoms with Crippen molar-refractivity contribution in [2.24, 2.45) is 0 Å². The summed E-state index contributed by atoms with van der Waals surface area (Å²) in [6.45, 7) is 8.38. The summed E-state index contributed by atoms with van der Waals surface area (Å²) in [7, 11) is 0. The van der Waals surface area contributed by atoms with Gasteiger partial charge in [-0.1, -0.05) is 39.8 Å². The highest BCUT2D eigenvalue weighted by atomic mass is 16.3. The normalized spacial score (nSPS) is 11.0. The number of phenols is 2. The van der Waals surface area contributed by atoms with E-state index < -0.39 is 0 Å². The zero-order valence-electron chi connectivity index (χ0n) is 14.7. The van der Waals surface area contributed by atoms with Crippen molar-refractivity contribution >= 4 is 0 Å². The Labute approximate surface area is 139 Å². The molecule has 0 unspecified atom stereocenters. The minimum absolute atomic E-state index is 0.406. The summed E-state index contributed by atoms with van der Waals surface area (Å²) >= 11 is 0. The van der Waals surface area contributed by atoms with Gasteiger partial charge in [0.15, 0.2) is 0 Å². The summed E-state index contributed by atoms with van der Waals surface area (Å²) in [5.41, 5.74) is 6.98. The second-order valence-electron chi connectivity index (χ2n) is 6.09. The summed E-state index contributed by atoms with van der Waals surface area (Å²) < 4.78 is 0. The zero-order chi connectivity index (χ0) is 17.0. The molecule has 0 radical (unpaired) electrons. The first kappa shape index (κ1) is 17.4. The fourth-order valence-corrected chi connectivity index (χ4v) is 3.21. The molecule has 0 saturated heterocycles. The van der Waals surface area contributed by atoms with E-state index in [1.165, 1.54) is 22.3 Å². The monoisotopic (exact) mass is 312 g/mol. The van der Waals surface area contributed by atoms with E-state index >= 15 is 0 Å². The van der Waals surface area contributed by atoms with Gasteiger partial charge in [0.05, 0.1) is 0 Å². The van der Waals surface area contributed by atoms with Crippen molar-refractivity contribution in [3.05, 3.63) is 57.6 Å². The number of aromatic hydroxyl groups is 2. The average molecular weight is 312 g/mol. The van der Waals surface area contributed by atoms with E-state index in [9.17, 15) is 10.2 Å². The van der Waals surface area contributed by atoms with Crippen LogP contribution in [0, 0.1) is 0 Å². The lowest BCUT2D eigenvalue weighted by Gasteiger charge is -2.16. The van der Waals surface area contributed by atoms with Gasteiger partial charge in [-0.3, -0.25) is 0 Å². The van der Waals surface area contributed by atoms with E-state index in [4.69, 9.17) is 0 Å². The number of rotatable bonds is 6. The van der Waals surface area contributed by atoms with E-state index in [2.05, 4.69) is 39.8 Å². The van der Waals surface area contributed by atoms with Gasteiger partial charge in [0.25, 0.3) is 0 Å². The van der Waals surface area contributed by atoms with Crippen LogP contribution in [-0.4, -0.2) is 10.2 Å². The molecular weight excluding hydrogens is 284 g/mol. The molecule has 0 spiro atoms. The Morgan fingerprint density at radius 2 is 0.870 bits per heavy atom. The molecule has 0 aliphatic rings. The molecule has 2 nitrogen and oxygen atoms in total. The van der Waals surface area contributed by atoms with Crippen LogP contribution in [0.5, 0.6) is 11.5 Å². The highest BCUT2D eigenvalue weighted by Gasteiger charge is 2.12. The van der Waals surface area contributed by atoms with Crippen LogP contribution in [0.1, 0.15) is 61.1 Å². The molecule has 124 valence electrons. The first-order valence-corrected chi connectivity index (χ1v) is 8.71. The predicted octanol–water partition coefficient (Wildman–Crippen LogP) is 4.94. The summed E-state index contributed by atoms with van der Waals surface area (Å²) in [6, 6.07) is 8.13. The van der Waals surface area contributed by atoms with Gasteiger partial charge in [0.1, 0.15) is 11.5 Å². The lowest BCUT2D eigenvalue weighted by Crippen LogP contribution is -2.01. The first-order chi connectivity index (χ1) is 11.0. The summed E-state index contributed by atoms with van der Waals surface area (Å²) in [6.07, 6.45) is 4.34. The number of benzene rings is 2. The van der Waals surface area contributed by atoms with Crippen molar-refractivity contribution in [2.45, 2.75) is 59.8 Å². The molecule has 0 bridgehead atoms. The highest BCUT2D eigenvalue weighted by Crippen LogP contribution is 2.29. The number of hydrogen-bond acceptors (Lipinski definition) is 2. The summed E-state index contributed by atoms with van der Waals surface area (Å²) in [5.74, 6) is 0.813. The molecule has 0 aromatic heterocycles. The van der Waals surface area contributed by atoms with Crippen LogP contribution in [0.15, 0.2) is 24.3 Å². The Morgan fingerprint density at radius 3 is 1.17 bits per heavy atom. The molecule has 0 fully saturated rings. The van der Waals surface area contributed by atoms with Crippen LogP contribution in [-0.2, 0) is 32.1 Å². The maximum absolute atomic E-state index is 10.1. The molecule has 2 rings (SSSR count). The number of hydrogen-bond donors (Lipinski definition) is 2. The predicted molar refractivity (Wildman–Crippen MR) is 96.5 cm³/mol. The molecule has 0 aliphatic heterocycles. The van der Waals surface area contributed by atoms with Crippen LogP contribution in [0.4, 0.5) is 0 Å². The van der Waals surface area contributed by atoms with E-state index in [1.54, 1.807) is 0 Å². The lowest BCUT2D eigenvalue weighted by atomic mass is 9.90. The number of phenolic OH excluding ortho intramolecular Hbond substituents is 2. The van der Waals surface area contributed by atoms with Crippen LogP contribution in [0.3, 0.4) is 0 Å². The molecule has 2 aromatic rings. The minimum Gasteiger partial charge on any atom is -0.508 e. The first-order valence-electron chi connectivity index (χ1n) is 8.71. The Kier molecular flexibility index (Phi) is 5.70. The Balaban J connectivity index is 2.49. The van der Waals surface area contributed by atoms with Crippen LogP contribution in [0.25, 0.3) is 0 Å². The minimum atomic E-state index is 0.406. The van der Waals surface area contributed by atoms with Crippen molar-refractivity contribution in [1.29, 1.82) is 0 Å². The Hall–Kier alpha value is -1.96. The van der Waals surface area contributed by atoms with E-state index in [-0.39, 0.29) is 0 Å². The highest BCUT2D eigenvalue weighted by molar-refractivity contribution is 5.48. The van der Waals surface area contributed by atoms with Crippen molar-refractivity contribution in [3.63, 3.8) is 0 Å². The molecule has 23 heavy (non-hydrogen) atoms. The van der Waals surface area contributed by atoms with Crippen LogP contribution >= 0.6 is 0 Å². The summed E-state index contributed by atoms with van der Waals surface area (Å²) in [4.78, 5) is 0. The third kappa shape index (κ3) is 3.69. The van der Waals surface area contributed by atoms with Gasteiger partial charge in [-0.25, -0.2) is 0 Å². The quantitative estimate of drug-likeness (QED) is 0.793. The van der Waals surface area contributed by atoms with Gasteiger partial charge in [-0.05, 0) is 77.6 Å². The maximum atomic E-state index is 10.1. The largest absolute Gasteiger partial charge is 0.508 e. The van der Waals surface area contributed by atoms with E-state index in [1.807, 2.05) is 12.1 Å². The lowest BCUT2D eigenvalue weighted by molar-refractivity contribution is 0.467. The standard InChI is InChI=1S/C21H28O2/c1-5-14-12-20(22)16(7-3)9-18(14)11-19-10-17(8-4)21(23)13-15(19)6-2/h9-10,12-13,22-23H,5-8,11H2,1-4H3. The van der Waals surface area contributed by atoms with Crippen molar-refractivity contribution in [2.75, 3.05) is 0 Å². The second-order valence-corrected chi connectivity index (χ2v) is 6.09. The molecular formula is C21H28O2. The molecule has 2 heteroatoms. The molecule has 0 saturated carbocycles. The molecule has 0 aliphatic carbocycles. The maximum Gasteiger partial charge on any atom is 0.119 e. The molecule has 0 atom stereocenters. The summed E-state index contributed by atoms with van der Waals surface area (Å²) in [5, 5.41) is 20.2. The average Bonchev–Trinajstić information content (AvgIpc) is 2.56. The van der Waals surface area contributed by atoms with Gasteiger partial charge >= 0.3 is 0 Å². The topological polar surface area (TPSA) is 40.5 Å². The Bertz CT molecular complexity index is 627. The van der Waals surface area contributed by atoms with Gasteiger partial charge in [-0.2, -0.15) is 0 Å². The van der Waals surface area contributed by atoms with Gasteiger partial charge < -0.3 is 10.2 Å². The van der Waals surface area contributed by atoms with Crippen molar-refractivity contribution in [3.8, 4) is 11.5 Å². The fraction of sp³-hybridized carbons (Fsp3) is 0.429. The SMILES string of the molecule is CCc1cc(Cc2cc(CC)c(O)cc2CC)c(CC)cc1O. The molecule has 2 N–H and O–H groups in total. The molecule has 2 aromatic carbocycles. The number of aryl methyl sites for hydroxylation is 4. The van der Waals surface area contributed by atoms with Gasteiger partial charge in [-0.15, -0.1) is 0 Å². The molecule has 0 heterocycles. The van der Waals surface area contributed by atoms with E-state index in [0.29, 0.717) is 11.5 Å². The smallest absolute Gasteiger partial charge is 0.119 e. The van der Waals surface area contributed by atoms with Crippen molar-refractivity contribution < 1.29 is 10.2 Å². The van der Waals surface area contributed by atoms with Crippen molar-refractivity contribution in [1.82, 2.24) is 0 Å². The third-order valence-corrected chi connectivity index (χ3v) is 4.71.